The number of nitrogens with two attached hydrogens (primary N) is 1. The van der Waals surface area contributed by atoms with E-state index in [-0.39, 0.29) is 22.1 Å². The van der Waals surface area contributed by atoms with E-state index in [1.54, 1.807) is 24.3 Å². The van der Waals surface area contributed by atoms with Crippen molar-refractivity contribution in [2.24, 2.45) is 5.73 Å². The van der Waals surface area contributed by atoms with Crippen molar-refractivity contribution >= 4 is 21.4 Å². The number of anilines is 1. The first-order chi connectivity index (χ1) is 18.9. The largest absolute Gasteiger partial charge is 0.416 e. The highest BCUT2D eigenvalue weighted by molar-refractivity contribution is 7.91. The summed E-state index contributed by atoms with van der Waals surface area (Å²) in [6.45, 7) is 0.767. The SMILES string of the molecule is CCS(=O)(=O)c1ccc([C@@H](CO)c2cc(N3CC(c4ccc(C(F)(F)F)cc4)C[C@H]3CF)ccc2C(N)=O)cc1. The first kappa shape index (κ1) is 29.5. The number of alkyl halides is 4. The Labute approximate surface area is 230 Å². The third-order valence-electron chi connectivity index (χ3n) is 7.51. The standard InChI is InChI=1S/C29H30F4N2O4S/c1-2-40(38,39)24-10-5-19(6-11-24)27(17-36)26-14-22(9-12-25(26)28(34)37)35-16-20(13-23(35)15-30)18-3-7-21(8-4-18)29(31,32)33/h3-12,14,20,23,27,36H,2,13,15-17H2,1H3,(H2,34,37)/t20?,23-,27+/m0/s1. The Balaban J connectivity index is 1.68. The molecule has 3 aromatic rings. The quantitative estimate of drug-likeness (QED) is 0.346. The molecule has 4 rings (SSSR count). The molecule has 11 heteroatoms. The number of rotatable bonds is 9. The molecular formula is C29H30F4N2O4S. The fourth-order valence-corrected chi connectivity index (χ4v) is 6.15. The van der Waals surface area contributed by atoms with E-state index in [4.69, 9.17) is 5.73 Å². The molecule has 0 bridgehead atoms. The summed E-state index contributed by atoms with van der Waals surface area (Å²) in [7, 11) is -3.43. The van der Waals surface area contributed by atoms with Crippen molar-refractivity contribution in [3.63, 3.8) is 0 Å². The van der Waals surface area contributed by atoms with Gasteiger partial charge in [0.2, 0.25) is 5.91 Å². The predicted octanol–water partition coefficient (Wildman–Crippen LogP) is 5.05. The molecule has 3 N–H and O–H groups in total. The zero-order chi connectivity index (χ0) is 29.2. The number of aliphatic hydroxyl groups is 1. The summed E-state index contributed by atoms with van der Waals surface area (Å²) in [5.41, 5.74) is 7.22. The lowest BCUT2D eigenvalue weighted by molar-refractivity contribution is -0.137. The molecule has 1 unspecified atom stereocenters. The van der Waals surface area contributed by atoms with Gasteiger partial charge in [-0.25, -0.2) is 12.8 Å². The van der Waals surface area contributed by atoms with Crippen LogP contribution >= 0.6 is 0 Å². The van der Waals surface area contributed by atoms with Crippen LogP contribution in [0.4, 0.5) is 23.2 Å². The van der Waals surface area contributed by atoms with Crippen LogP contribution in [0.1, 0.15) is 57.8 Å². The molecular weight excluding hydrogens is 548 g/mol. The molecule has 1 fully saturated rings. The third kappa shape index (κ3) is 6.00. The number of benzene rings is 3. The van der Waals surface area contributed by atoms with Crippen LogP contribution in [0.15, 0.2) is 71.6 Å². The Morgan fingerprint density at radius 3 is 2.25 bits per heavy atom. The summed E-state index contributed by atoms with van der Waals surface area (Å²) in [6, 6.07) is 15.1. The Hall–Kier alpha value is -3.44. The first-order valence-electron chi connectivity index (χ1n) is 12.8. The van der Waals surface area contributed by atoms with Crippen molar-refractivity contribution in [3.05, 3.63) is 94.5 Å². The van der Waals surface area contributed by atoms with Crippen LogP contribution in [0, 0.1) is 0 Å². The molecule has 0 radical (unpaired) electrons. The van der Waals surface area contributed by atoms with E-state index in [2.05, 4.69) is 0 Å². The van der Waals surface area contributed by atoms with Crippen molar-refractivity contribution < 1.29 is 35.9 Å². The number of primary amides is 1. The lowest BCUT2D eigenvalue weighted by Gasteiger charge is -2.27. The van der Waals surface area contributed by atoms with Crippen molar-refractivity contribution in [2.75, 3.05) is 30.5 Å². The van der Waals surface area contributed by atoms with E-state index in [1.165, 1.54) is 37.3 Å². The van der Waals surface area contributed by atoms with Crippen molar-refractivity contribution in [3.8, 4) is 0 Å². The fourth-order valence-electron chi connectivity index (χ4n) is 5.26. The second kappa shape index (κ2) is 11.6. The summed E-state index contributed by atoms with van der Waals surface area (Å²) in [4.78, 5) is 14.2. The Morgan fingerprint density at radius 1 is 1.07 bits per heavy atom. The van der Waals surface area contributed by atoms with Crippen molar-refractivity contribution in [2.45, 2.75) is 42.3 Å². The average Bonchev–Trinajstić information content (AvgIpc) is 3.38. The lowest BCUT2D eigenvalue weighted by Crippen LogP contribution is -2.31. The number of amides is 1. The van der Waals surface area contributed by atoms with Crippen LogP contribution in [0.5, 0.6) is 0 Å². The average molecular weight is 579 g/mol. The highest BCUT2D eigenvalue weighted by atomic mass is 32.2. The molecule has 3 aromatic carbocycles. The molecule has 1 aliphatic heterocycles. The minimum Gasteiger partial charge on any atom is -0.395 e. The van der Waals surface area contributed by atoms with Crippen LogP contribution in [0.2, 0.25) is 0 Å². The van der Waals surface area contributed by atoms with Gasteiger partial charge >= 0.3 is 6.18 Å². The topological polar surface area (TPSA) is 101 Å². The zero-order valence-corrected chi connectivity index (χ0v) is 22.6. The van der Waals surface area contributed by atoms with E-state index in [9.17, 15) is 35.9 Å². The third-order valence-corrected chi connectivity index (χ3v) is 9.26. The van der Waals surface area contributed by atoms with Gasteiger partial charge < -0.3 is 15.7 Å². The van der Waals surface area contributed by atoms with Gasteiger partial charge in [0.25, 0.3) is 0 Å². The molecule has 0 spiro atoms. The molecule has 1 heterocycles. The van der Waals surface area contributed by atoms with Crippen LogP contribution in [-0.4, -0.2) is 51.1 Å². The highest BCUT2D eigenvalue weighted by Gasteiger charge is 2.35. The number of halogens is 4. The molecule has 6 nitrogen and oxygen atoms in total. The minimum atomic E-state index is -4.45. The molecule has 1 amide bonds. The summed E-state index contributed by atoms with van der Waals surface area (Å²) >= 11 is 0. The maximum Gasteiger partial charge on any atom is 0.416 e. The van der Waals surface area contributed by atoms with Gasteiger partial charge in [0.15, 0.2) is 9.84 Å². The number of aliphatic hydroxyl groups excluding tert-OH is 1. The van der Waals surface area contributed by atoms with Gasteiger partial charge in [-0.05, 0) is 65.6 Å². The van der Waals surface area contributed by atoms with Gasteiger partial charge in [0, 0.05) is 29.6 Å². The van der Waals surface area contributed by atoms with E-state index in [0.717, 1.165) is 12.1 Å². The van der Waals surface area contributed by atoms with Gasteiger partial charge in [0.1, 0.15) is 6.67 Å². The number of hydrogen-bond donors (Lipinski definition) is 2. The van der Waals surface area contributed by atoms with E-state index in [0.29, 0.717) is 35.3 Å². The maximum atomic E-state index is 14.2. The van der Waals surface area contributed by atoms with Gasteiger partial charge in [0.05, 0.1) is 28.9 Å². The van der Waals surface area contributed by atoms with Gasteiger partial charge in [-0.15, -0.1) is 0 Å². The highest BCUT2D eigenvalue weighted by Crippen LogP contribution is 2.39. The van der Waals surface area contributed by atoms with Gasteiger partial charge in [-0.2, -0.15) is 13.2 Å². The second-order valence-electron chi connectivity index (χ2n) is 9.86. The molecule has 0 saturated carbocycles. The van der Waals surface area contributed by atoms with Crippen LogP contribution in [-0.2, 0) is 16.0 Å². The van der Waals surface area contributed by atoms with E-state index >= 15 is 0 Å². The molecule has 1 saturated heterocycles. The summed E-state index contributed by atoms with van der Waals surface area (Å²) in [6.07, 6.45) is -4.07. The molecule has 1 aliphatic rings. The van der Waals surface area contributed by atoms with Crippen molar-refractivity contribution in [1.82, 2.24) is 0 Å². The smallest absolute Gasteiger partial charge is 0.395 e. The minimum absolute atomic E-state index is 0.0668. The van der Waals surface area contributed by atoms with Gasteiger partial charge in [-0.1, -0.05) is 31.2 Å². The maximum absolute atomic E-state index is 14.2. The van der Waals surface area contributed by atoms with Crippen LogP contribution in [0.25, 0.3) is 0 Å². The summed E-state index contributed by atoms with van der Waals surface area (Å²) in [5.74, 6) is -1.74. The van der Waals surface area contributed by atoms with Crippen LogP contribution in [0.3, 0.4) is 0 Å². The normalized spacial score (nSPS) is 18.6. The van der Waals surface area contributed by atoms with E-state index in [1.807, 2.05) is 4.90 Å². The first-order valence-corrected chi connectivity index (χ1v) is 14.4. The summed E-state index contributed by atoms with van der Waals surface area (Å²) in [5, 5.41) is 10.3. The number of nitrogens with zero attached hydrogens (tertiary/aromatic N) is 1. The van der Waals surface area contributed by atoms with Crippen molar-refractivity contribution in [1.29, 1.82) is 0 Å². The Kier molecular flexibility index (Phi) is 8.55. The summed E-state index contributed by atoms with van der Waals surface area (Å²) < 4.78 is 77.6. The molecule has 214 valence electrons. The van der Waals surface area contributed by atoms with Crippen LogP contribution < -0.4 is 10.6 Å². The monoisotopic (exact) mass is 578 g/mol. The molecule has 3 atom stereocenters. The second-order valence-corrected chi connectivity index (χ2v) is 12.1. The van der Waals surface area contributed by atoms with Gasteiger partial charge in [-0.3, -0.25) is 4.79 Å². The van der Waals surface area contributed by atoms with E-state index < -0.39 is 52.7 Å². The zero-order valence-electron chi connectivity index (χ0n) is 21.7. The number of carbonyl (C=O) groups excluding carboxylic acids is 1. The Bertz CT molecular complexity index is 1460. The molecule has 0 aromatic heterocycles. The number of carbonyl (C=O) groups is 1. The number of hydrogen-bond acceptors (Lipinski definition) is 5. The lowest BCUT2D eigenvalue weighted by atomic mass is 9.88. The Morgan fingerprint density at radius 2 is 1.73 bits per heavy atom. The molecule has 40 heavy (non-hydrogen) atoms. The number of sulfone groups is 1. The fraction of sp³-hybridized carbons (Fsp3) is 0.345. The molecule has 0 aliphatic carbocycles. The predicted molar refractivity (Wildman–Crippen MR) is 144 cm³/mol.